The van der Waals surface area contributed by atoms with Crippen molar-refractivity contribution >= 4 is 44.2 Å². The lowest BCUT2D eigenvalue weighted by molar-refractivity contribution is 0.694. The molecule has 1 aromatic carbocycles. The van der Waals surface area contributed by atoms with Crippen LogP contribution in [0.3, 0.4) is 0 Å². The summed E-state index contributed by atoms with van der Waals surface area (Å²) in [6.45, 7) is 2.27. The van der Waals surface area contributed by atoms with E-state index in [-0.39, 0.29) is 0 Å². The van der Waals surface area contributed by atoms with E-state index in [2.05, 4.69) is 69.0 Å². The van der Waals surface area contributed by atoms with E-state index in [9.17, 15) is 0 Å². The molecule has 0 radical (unpaired) electrons. The normalized spacial score (nSPS) is 17.9. The number of halogens is 2. The third-order valence-corrected chi connectivity index (χ3v) is 4.00. The molecule has 1 unspecified atom stereocenters. The lowest BCUT2D eigenvalue weighted by atomic mass is 10.2. The Morgan fingerprint density at radius 2 is 2.21 bits per heavy atom. The molecule has 0 saturated heterocycles. The molecule has 1 aliphatic rings. The van der Waals surface area contributed by atoms with Crippen molar-refractivity contribution in [3.63, 3.8) is 0 Å². The smallest absolute Gasteiger partial charge is 0.0497 e. The van der Waals surface area contributed by atoms with E-state index in [1.165, 1.54) is 22.1 Å². The number of benzene rings is 1. The Bertz CT molecular complexity index is 336. The highest BCUT2D eigenvalue weighted by molar-refractivity contribution is 14.1. The summed E-state index contributed by atoms with van der Waals surface area (Å²) in [5, 5.41) is 3.56. The minimum atomic E-state index is 0.601. The van der Waals surface area contributed by atoms with Gasteiger partial charge in [0.05, 0.1) is 0 Å². The highest BCUT2D eigenvalue weighted by Gasteiger charge is 2.27. The van der Waals surface area contributed by atoms with Crippen LogP contribution in [0.5, 0.6) is 0 Å². The first-order chi connectivity index (χ1) is 6.66. The van der Waals surface area contributed by atoms with Gasteiger partial charge in [-0.1, -0.05) is 0 Å². The molecule has 1 saturated carbocycles. The Hall–Kier alpha value is 0.230. The van der Waals surface area contributed by atoms with Crippen LogP contribution in [-0.4, -0.2) is 6.04 Å². The van der Waals surface area contributed by atoms with Gasteiger partial charge >= 0.3 is 0 Å². The van der Waals surface area contributed by atoms with Crippen molar-refractivity contribution in [3.8, 4) is 0 Å². The number of nitrogens with one attached hydrogen (secondary N) is 1. The van der Waals surface area contributed by atoms with Gasteiger partial charge in [-0.25, -0.2) is 0 Å². The van der Waals surface area contributed by atoms with Crippen LogP contribution in [0.25, 0.3) is 0 Å². The summed E-state index contributed by atoms with van der Waals surface area (Å²) in [4.78, 5) is 0. The fourth-order valence-corrected chi connectivity index (χ4v) is 2.42. The lowest BCUT2D eigenvalue weighted by Crippen LogP contribution is -2.17. The van der Waals surface area contributed by atoms with Crippen LogP contribution in [0, 0.1) is 9.49 Å². The summed E-state index contributed by atoms with van der Waals surface area (Å²) >= 11 is 5.90. The highest BCUT2D eigenvalue weighted by Crippen LogP contribution is 2.35. The van der Waals surface area contributed by atoms with E-state index < -0.39 is 0 Å². The minimum absolute atomic E-state index is 0.601. The molecule has 0 spiro atoms. The second kappa shape index (κ2) is 4.39. The molecule has 1 aromatic rings. The Morgan fingerprint density at radius 1 is 1.50 bits per heavy atom. The molecule has 1 aliphatic carbocycles. The first-order valence-corrected chi connectivity index (χ1v) is 6.75. The molecule has 0 heterocycles. The first kappa shape index (κ1) is 10.7. The van der Waals surface area contributed by atoms with E-state index in [0.29, 0.717) is 6.04 Å². The predicted molar refractivity (Wildman–Crippen MR) is 72.7 cm³/mol. The summed E-state index contributed by atoms with van der Waals surface area (Å²) in [7, 11) is 0. The maximum absolute atomic E-state index is 3.56. The number of hydrogen-bond donors (Lipinski definition) is 1. The summed E-state index contributed by atoms with van der Waals surface area (Å²) < 4.78 is 2.43. The molecule has 0 bridgehead atoms. The van der Waals surface area contributed by atoms with Crippen molar-refractivity contribution < 1.29 is 0 Å². The third-order valence-electron chi connectivity index (χ3n) is 2.64. The molecule has 14 heavy (non-hydrogen) atoms. The minimum Gasteiger partial charge on any atom is -0.381 e. The van der Waals surface area contributed by atoms with Gasteiger partial charge in [0.2, 0.25) is 0 Å². The molecule has 1 atom stereocenters. The van der Waals surface area contributed by atoms with Gasteiger partial charge in [0.1, 0.15) is 0 Å². The highest BCUT2D eigenvalue weighted by atomic mass is 127. The molecular formula is C11H13BrIN. The zero-order valence-electron chi connectivity index (χ0n) is 8.06. The monoisotopic (exact) mass is 365 g/mol. The van der Waals surface area contributed by atoms with E-state index in [1.807, 2.05) is 0 Å². The van der Waals surface area contributed by atoms with Crippen molar-refractivity contribution in [2.45, 2.75) is 25.8 Å². The van der Waals surface area contributed by atoms with Crippen LogP contribution in [0.2, 0.25) is 0 Å². The molecule has 0 aliphatic heterocycles. The molecule has 1 nitrogen and oxygen atoms in total. The molecule has 1 N–H and O–H groups in total. The van der Waals surface area contributed by atoms with Crippen LogP contribution in [-0.2, 0) is 0 Å². The van der Waals surface area contributed by atoms with Gasteiger partial charge in [0.25, 0.3) is 0 Å². The summed E-state index contributed by atoms with van der Waals surface area (Å²) in [5.41, 5.74) is 1.22. The Labute approximate surface area is 107 Å². The average Bonchev–Trinajstić information content (AvgIpc) is 2.94. The second-order valence-electron chi connectivity index (χ2n) is 3.89. The van der Waals surface area contributed by atoms with Crippen molar-refractivity contribution in [1.82, 2.24) is 0 Å². The van der Waals surface area contributed by atoms with Crippen molar-refractivity contribution in [2.75, 3.05) is 5.32 Å². The van der Waals surface area contributed by atoms with E-state index in [4.69, 9.17) is 0 Å². The maximum Gasteiger partial charge on any atom is 0.0497 e. The fourth-order valence-electron chi connectivity index (χ4n) is 1.57. The van der Waals surface area contributed by atoms with E-state index >= 15 is 0 Å². The number of hydrogen-bond acceptors (Lipinski definition) is 1. The SMILES string of the molecule is CC(Nc1cc(I)ccc1Br)C1CC1. The zero-order valence-corrected chi connectivity index (χ0v) is 11.8. The van der Waals surface area contributed by atoms with Gasteiger partial charge in [-0.3, -0.25) is 0 Å². The number of anilines is 1. The van der Waals surface area contributed by atoms with Crippen LogP contribution in [0.15, 0.2) is 22.7 Å². The van der Waals surface area contributed by atoms with Gasteiger partial charge < -0.3 is 5.32 Å². The molecular weight excluding hydrogens is 353 g/mol. The summed E-state index contributed by atoms with van der Waals surface area (Å²) in [6.07, 6.45) is 2.77. The van der Waals surface area contributed by atoms with Crippen LogP contribution in [0.1, 0.15) is 19.8 Å². The zero-order chi connectivity index (χ0) is 10.1. The van der Waals surface area contributed by atoms with Crippen molar-refractivity contribution in [2.24, 2.45) is 5.92 Å². The Kier molecular flexibility index (Phi) is 3.37. The van der Waals surface area contributed by atoms with Gasteiger partial charge in [0, 0.05) is 19.8 Å². The topological polar surface area (TPSA) is 12.0 Å². The van der Waals surface area contributed by atoms with Crippen LogP contribution in [0.4, 0.5) is 5.69 Å². The second-order valence-corrected chi connectivity index (χ2v) is 5.99. The van der Waals surface area contributed by atoms with Crippen molar-refractivity contribution in [3.05, 3.63) is 26.2 Å². The maximum atomic E-state index is 3.56. The largest absolute Gasteiger partial charge is 0.381 e. The molecule has 0 amide bonds. The summed E-state index contributed by atoms with van der Waals surface area (Å²) in [5.74, 6) is 0.889. The van der Waals surface area contributed by atoms with Crippen LogP contribution >= 0.6 is 38.5 Å². The van der Waals surface area contributed by atoms with Crippen molar-refractivity contribution in [1.29, 1.82) is 0 Å². The van der Waals surface area contributed by atoms with Crippen LogP contribution < -0.4 is 5.32 Å². The molecule has 2 rings (SSSR count). The average molecular weight is 366 g/mol. The quantitative estimate of drug-likeness (QED) is 0.789. The third kappa shape index (κ3) is 2.63. The molecule has 1 fully saturated rings. The van der Waals surface area contributed by atoms with Gasteiger partial charge in [-0.15, -0.1) is 0 Å². The van der Waals surface area contributed by atoms with E-state index in [1.54, 1.807) is 0 Å². The van der Waals surface area contributed by atoms with Gasteiger partial charge in [0.15, 0.2) is 0 Å². The lowest BCUT2D eigenvalue weighted by Gasteiger charge is -2.15. The fraction of sp³-hybridized carbons (Fsp3) is 0.455. The summed E-state index contributed by atoms with van der Waals surface area (Å²) in [6, 6.07) is 7.00. The number of rotatable bonds is 3. The van der Waals surface area contributed by atoms with E-state index in [0.717, 1.165) is 10.4 Å². The Balaban J connectivity index is 2.10. The molecule has 0 aromatic heterocycles. The standard InChI is InChI=1S/C11H13BrIN/c1-7(8-2-3-8)14-11-6-9(13)4-5-10(11)12/h4-8,14H,2-3H2,1H3. The molecule has 3 heteroatoms. The Morgan fingerprint density at radius 3 is 2.86 bits per heavy atom. The van der Waals surface area contributed by atoms with Gasteiger partial charge in [-0.05, 0) is 82.4 Å². The first-order valence-electron chi connectivity index (χ1n) is 4.88. The predicted octanol–water partition coefficient (Wildman–Crippen LogP) is 4.26. The van der Waals surface area contributed by atoms with Gasteiger partial charge in [-0.2, -0.15) is 0 Å². The molecule has 76 valence electrons.